The summed E-state index contributed by atoms with van der Waals surface area (Å²) in [4.78, 5) is 9.23. The lowest BCUT2D eigenvalue weighted by atomic mass is 9.88. The average molecular weight is 273 g/mol. The lowest BCUT2D eigenvalue weighted by Crippen LogP contribution is -2.45. The first-order valence-corrected chi connectivity index (χ1v) is 7.23. The Balaban J connectivity index is 2.04. The molecule has 0 radical (unpaired) electrons. The van der Waals surface area contributed by atoms with Crippen molar-refractivity contribution in [3.05, 3.63) is 24.0 Å². The Morgan fingerprint density at radius 1 is 1.05 bits per heavy atom. The summed E-state index contributed by atoms with van der Waals surface area (Å²) in [7, 11) is 2.17. The number of likely N-dealkylation sites (N-methyl/N-ethyl adjacent to an activating group) is 1. The highest BCUT2D eigenvalue weighted by molar-refractivity contribution is 5.58. The van der Waals surface area contributed by atoms with E-state index in [0.717, 1.165) is 37.6 Å². The van der Waals surface area contributed by atoms with Crippen molar-refractivity contribution in [2.75, 3.05) is 38.1 Å². The Morgan fingerprint density at radius 3 is 2.40 bits per heavy atom. The monoisotopic (exact) mass is 273 g/mol. The van der Waals surface area contributed by atoms with Gasteiger partial charge in [0, 0.05) is 31.7 Å². The predicted molar refractivity (Wildman–Crippen MR) is 81.4 cm³/mol. The zero-order chi connectivity index (χ0) is 14.3. The van der Waals surface area contributed by atoms with Crippen LogP contribution in [0.5, 0.6) is 0 Å². The van der Waals surface area contributed by atoms with Gasteiger partial charge in [-0.1, -0.05) is 26.8 Å². The molecule has 0 aromatic carbocycles. The molecule has 0 atom stereocenters. The van der Waals surface area contributed by atoms with E-state index in [9.17, 15) is 0 Å². The van der Waals surface area contributed by atoms with Crippen molar-refractivity contribution in [1.82, 2.24) is 19.5 Å². The van der Waals surface area contributed by atoms with Crippen LogP contribution in [-0.4, -0.2) is 52.7 Å². The normalized spacial score (nSPS) is 17.9. The molecule has 0 N–H and O–H groups in total. The second-order valence-electron chi connectivity index (χ2n) is 6.64. The van der Waals surface area contributed by atoms with Crippen molar-refractivity contribution >= 4 is 11.5 Å². The zero-order valence-electron chi connectivity index (χ0n) is 12.8. The van der Waals surface area contributed by atoms with Crippen LogP contribution in [-0.2, 0) is 5.41 Å². The molecule has 20 heavy (non-hydrogen) atoms. The number of rotatable bonds is 1. The second kappa shape index (κ2) is 4.74. The van der Waals surface area contributed by atoms with E-state index in [1.807, 2.05) is 4.52 Å². The third kappa shape index (κ3) is 2.26. The van der Waals surface area contributed by atoms with Gasteiger partial charge in [-0.2, -0.15) is 9.61 Å². The van der Waals surface area contributed by atoms with Crippen molar-refractivity contribution in [1.29, 1.82) is 0 Å². The minimum atomic E-state index is 0.0783. The minimum absolute atomic E-state index is 0.0783. The van der Waals surface area contributed by atoms with Crippen LogP contribution < -0.4 is 4.90 Å². The first-order valence-electron chi connectivity index (χ1n) is 7.23. The van der Waals surface area contributed by atoms with Crippen LogP contribution in [0.1, 0.15) is 26.3 Å². The quantitative estimate of drug-likeness (QED) is 0.793. The molecule has 2 aromatic heterocycles. The molecule has 3 heterocycles. The van der Waals surface area contributed by atoms with Crippen LogP contribution in [0, 0.1) is 0 Å². The SMILES string of the molecule is CN1CCN(c2ccc(C(C)(C)C)c3ncnn23)CC1. The summed E-state index contributed by atoms with van der Waals surface area (Å²) in [6, 6.07) is 4.39. The Morgan fingerprint density at radius 2 is 1.75 bits per heavy atom. The van der Waals surface area contributed by atoms with E-state index in [-0.39, 0.29) is 5.41 Å². The fourth-order valence-electron chi connectivity index (χ4n) is 2.76. The van der Waals surface area contributed by atoms with E-state index in [4.69, 9.17) is 0 Å². The molecule has 0 amide bonds. The highest BCUT2D eigenvalue weighted by atomic mass is 15.4. The molecule has 0 unspecified atom stereocenters. The Kier molecular flexibility index (Phi) is 3.17. The Labute approximate surface area is 120 Å². The van der Waals surface area contributed by atoms with E-state index in [1.165, 1.54) is 5.56 Å². The molecule has 1 fully saturated rings. The van der Waals surface area contributed by atoms with Gasteiger partial charge in [-0.05, 0) is 18.5 Å². The van der Waals surface area contributed by atoms with E-state index in [1.54, 1.807) is 6.33 Å². The molecule has 5 heteroatoms. The summed E-state index contributed by atoms with van der Waals surface area (Å²) in [5.41, 5.74) is 2.30. The smallest absolute Gasteiger partial charge is 0.161 e. The molecule has 0 saturated carbocycles. The van der Waals surface area contributed by atoms with Crippen LogP contribution in [0.15, 0.2) is 18.5 Å². The largest absolute Gasteiger partial charge is 0.354 e. The van der Waals surface area contributed by atoms with Crippen molar-refractivity contribution in [3.63, 3.8) is 0 Å². The topological polar surface area (TPSA) is 36.7 Å². The van der Waals surface area contributed by atoms with Gasteiger partial charge < -0.3 is 9.80 Å². The number of nitrogens with zero attached hydrogens (tertiary/aromatic N) is 5. The molecular weight excluding hydrogens is 250 g/mol. The molecule has 0 spiro atoms. The van der Waals surface area contributed by atoms with E-state index < -0.39 is 0 Å². The number of piperazine rings is 1. The van der Waals surface area contributed by atoms with Gasteiger partial charge in [-0.3, -0.25) is 0 Å². The number of pyridine rings is 1. The Hall–Kier alpha value is -1.62. The standard InChI is InChI=1S/C15H23N5/c1-15(2,3)12-5-6-13(20-14(12)16-11-17-20)19-9-7-18(4)8-10-19/h5-6,11H,7-10H2,1-4H3. The third-order valence-corrected chi connectivity index (χ3v) is 4.04. The highest BCUT2D eigenvalue weighted by Gasteiger charge is 2.22. The number of aromatic nitrogens is 3. The molecule has 0 aliphatic carbocycles. The fourth-order valence-corrected chi connectivity index (χ4v) is 2.76. The van der Waals surface area contributed by atoms with Crippen molar-refractivity contribution in [2.45, 2.75) is 26.2 Å². The summed E-state index contributed by atoms with van der Waals surface area (Å²) in [5, 5.41) is 4.44. The van der Waals surface area contributed by atoms with Crippen LogP contribution in [0.2, 0.25) is 0 Å². The Bertz CT molecular complexity index is 602. The zero-order valence-corrected chi connectivity index (χ0v) is 12.8. The average Bonchev–Trinajstić information content (AvgIpc) is 2.86. The van der Waals surface area contributed by atoms with Gasteiger partial charge in [0.05, 0.1) is 0 Å². The summed E-state index contributed by atoms with van der Waals surface area (Å²) in [5.74, 6) is 1.15. The molecular formula is C15H23N5. The maximum absolute atomic E-state index is 4.47. The van der Waals surface area contributed by atoms with Crippen molar-refractivity contribution < 1.29 is 0 Å². The molecule has 3 rings (SSSR count). The van der Waals surface area contributed by atoms with Gasteiger partial charge in [-0.15, -0.1) is 0 Å². The van der Waals surface area contributed by atoms with E-state index in [0.29, 0.717) is 0 Å². The van der Waals surface area contributed by atoms with E-state index >= 15 is 0 Å². The maximum Gasteiger partial charge on any atom is 0.161 e. The molecule has 108 valence electrons. The summed E-state index contributed by atoms with van der Waals surface area (Å²) >= 11 is 0. The highest BCUT2D eigenvalue weighted by Crippen LogP contribution is 2.28. The molecule has 1 aliphatic rings. The van der Waals surface area contributed by atoms with Crippen LogP contribution in [0.25, 0.3) is 5.65 Å². The molecule has 5 nitrogen and oxygen atoms in total. The summed E-state index contributed by atoms with van der Waals surface area (Å²) in [6.07, 6.45) is 1.66. The lowest BCUT2D eigenvalue weighted by Gasteiger charge is -2.34. The molecule has 1 aliphatic heterocycles. The second-order valence-corrected chi connectivity index (χ2v) is 6.64. The number of hydrogen-bond acceptors (Lipinski definition) is 4. The van der Waals surface area contributed by atoms with Gasteiger partial charge in [0.2, 0.25) is 0 Å². The van der Waals surface area contributed by atoms with Crippen molar-refractivity contribution in [3.8, 4) is 0 Å². The van der Waals surface area contributed by atoms with Gasteiger partial charge >= 0.3 is 0 Å². The van der Waals surface area contributed by atoms with Gasteiger partial charge in [0.25, 0.3) is 0 Å². The number of fused-ring (bicyclic) bond motifs is 1. The van der Waals surface area contributed by atoms with Gasteiger partial charge in [-0.25, -0.2) is 4.98 Å². The first kappa shape index (κ1) is 13.4. The molecule has 1 saturated heterocycles. The summed E-state index contributed by atoms with van der Waals surface area (Å²) in [6.45, 7) is 10.9. The minimum Gasteiger partial charge on any atom is -0.354 e. The van der Waals surface area contributed by atoms with E-state index in [2.05, 4.69) is 59.8 Å². The number of hydrogen-bond donors (Lipinski definition) is 0. The number of anilines is 1. The van der Waals surface area contributed by atoms with Crippen LogP contribution >= 0.6 is 0 Å². The lowest BCUT2D eigenvalue weighted by molar-refractivity contribution is 0.311. The van der Waals surface area contributed by atoms with Crippen molar-refractivity contribution in [2.24, 2.45) is 0 Å². The predicted octanol–water partition coefficient (Wildman–Crippen LogP) is 1.78. The first-order chi connectivity index (χ1) is 9.47. The third-order valence-electron chi connectivity index (χ3n) is 4.04. The van der Waals surface area contributed by atoms with Crippen LogP contribution in [0.3, 0.4) is 0 Å². The van der Waals surface area contributed by atoms with Gasteiger partial charge in [0.1, 0.15) is 12.1 Å². The summed E-state index contributed by atoms with van der Waals surface area (Å²) < 4.78 is 1.99. The maximum atomic E-state index is 4.47. The van der Waals surface area contributed by atoms with Gasteiger partial charge in [0.15, 0.2) is 5.65 Å². The molecule has 0 bridgehead atoms. The fraction of sp³-hybridized carbons (Fsp3) is 0.600. The molecule has 2 aromatic rings. The van der Waals surface area contributed by atoms with Crippen LogP contribution in [0.4, 0.5) is 5.82 Å².